The number of aromatic nitrogens is 4. The van der Waals surface area contributed by atoms with Crippen LogP contribution in [-0.4, -0.2) is 19.9 Å². The van der Waals surface area contributed by atoms with Crippen LogP contribution in [0.25, 0.3) is 111 Å². The van der Waals surface area contributed by atoms with Gasteiger partial charge in [0, 0.05) is 61.8 Å². The van der Waals surface area contributed by atoms with Crippen LogP contribution in [-0.2, 0) is 0 Å². The van der Waals surface area contributed by atoms with Gasteiger partial charge in [0.25, 0.3) is 0 Å². The van der Waals surface area contributed by atoms with E-state index < -0.39 is 0 Å². The maximum Gasteiger partial charge on any atom is 0.164 e. The first kappa shape index (κ1) is 31.8. The van der Waals surface area contributed by atoms with Crippen LogP contribution >= 0.6 is 0 Å². The summed E-state index contributed by atoms with van der Waals surface area (Å²) in [6.45, 7) is 0. The van der Waals surface area contributed by atoms with Crippen molar-refractivity contribution < 1.29 is 8.83 Å². The van der Waals surface area contributed by atoms with E-state index in [1.165, 1.54) is 0 Å². The number of para-hydroxylation sites is 4. The fourth-order valence-electron chi connectivity index (χ4n) is 7.72. The number of hydrogen-bond donors (Lipinski definition) is 0. The maximum atomic E-state index is 6.57. The Morgan fingerprint density at radius 3 is 1.30 bits per heavy atom. The first-order valence-corrected chi connectivity index (χ1v) is 18.5. The van der Waals surface area contributed by atoms with E-state index in [4.69, 9.17) is 23.8 Å². The normalized spacial score (nSPS) is 11.6. The van der Waals surface area contributed by atoms with Gasteiger partial charge in [-0.05, 0) is 64.7 Å². The Labute approximate surface area is 321 Å². The average molecular weight is 719 g/mol. The molecule has 4 heterocycles. The number of pyridine rings is 1. The molecule has 0 aliphatic heterocycles. The van der Waals surface area contributed by atoms with E-state index in [0.29, 0.717) is 17.5 Å². The van der Waals surface area contributed by atoms with Gasteiger partial charge in [-0.2, -0.15) is 0 Å². The summed E-state index contributed by atoms with van der Waals surface area (Å²) in [6.07, 6.45) is 3.61. The van der Waals surface area contributed by atoms with Crippen LogP contribution in [0, 0.1) is 0 Å². The Morgan fingerprint density at radius 1 is 0.304 bits per heavy atom. The SMILES string of the molecule is c1ccc(-c2nc(-c3ccc(-c4ccncc4)cc3)nc(-c3cc(-c4cccc5c4oc4ccccc45)cc(-c4cccc5c4oc4ccccc45)c3)n2)cc1. The molecular formula is C50H30N4O2. The number of hydrogen-bond acceptors (Lipinski definition) is 6. The van der Waals surface area contributed by atoms with Gasteiger partial charge in [-0.25, -0.2) is 15.0 Å². The highest BCUT2D eigenvalue weighted by Gasteiger charge is 2.19. The summed E-state index contributed by atoms with van der Waals surface area (Å²) in [7, 11) is 0. The minimum absolute atomic E-state index is 0.559. The predicted octanol–water partition coefficient (Wildman–Crippen LogP) is 13.1. The summed E-state index contributed by atoms with van der Waals surface area (Å²) < 4.78 is 13.1. The summed E-state index contributed by atoms with van der Waals surface area (Å²) >= 11 is 0. The minimum Gasteiger partial charge on any atom is -0.455 e. The second kappa shape index (κ2) is 13.0. The topological polar surface area (TPSA) is 77.8 Å². The van der Waals surface area contributed by atoms with Crippen LogP contribution in [0.2, 0.25) is 0 Å². The fourth-order valence-corrected chi connectivity index (χ4v) is 7.72. The van der Waals surface area contributed by atoms with Gasteiger partial charge in [0.2, 0.25) is 0 Å². The summed E-state index contributed by atoms with van der Waals surface area (Å²) in [4.78, 5) is 19.5. The molecule has 0 atom stereocenters. The number of benzene rings is 7. The summed E-state index contributed by atoms with van der Waals surface area (Å²) in [5.41, 5.74) is 12.1. The molecule has 56 heavy (non-hydrogen) atoms. The third-order valence-corrected chi connectivity index (χ3v) is 10.4. The van der Waals surface area contributed by atoms with Crippen LogP contribution in [0.15, 0.2) is 191 Å². The van der Waals surface area contributed by atoms with Gasteiger partial charge in [-0.3, -0.25) is 4.98 Å². The molecular weight excluding hydrogens is 689 g/mol. The third kappa shape index (κ3) is 5.43. The zero-order chi connectivity index (χ0) is 37.0. The lowest BCUT2D eigenvalue weighted by Crippen LogP contribution is -2.00. The molecule has 6 nitrogen and oxygen atoms in total. The van der Waals surface area contributed by atoms with Crippen molar-refractivity contribution in [1.82, 2.24) is 19.9 Å². The molecule has 0 unspecified atom stereocenters. The van der Waals surface area contributed by atoms with E-state index in [1.807, 2.05) is 78.9 Å². The molecule has 6 heteroatoms. The maximum absolute atomic E-state index is 6.57. The number of rotatable bonds is 6. The van der Waals surface area contributed by atoms with Gasteiger partial charge in [-0.15, -0.1) is 0 Å². The van der Waals surface area contributed by atoms with Crippen molar-refractivity contribution in [2.24, 2.45) is 0 Å². The summed E-state index contributed by atoms with van der Waals surface area (Å²) in [5, 5.41) is 4.29. The zero-order valence-electron chi connectivity index (χ0n) is 29.9. The molecule has 262 valence electrons. The van der Waals surface area contributed by atoms with Crippen molar-refractivity contribution in [2.45, 2.75) is 0 Å². The van der Waals surface area contributed by atoms with Crippen LogP contribution in [0.4, 0.5) is 0 Å². The molecule has 0 radical (unpaired) electrons. The van der Waals surface area contributed by atoms with Crippen molar-refractivity contribution in [1.29, 1.82) is 0 Å². The van der Waals surface area contributed by atoms with Crippen LogP contribution in [0.3, 0.4) is 0 Å². The van der Waals surface area contributed by atoms with Crippen molar-refractivity contribution in [2.75, 3.05) is 0 Å². The molecule has 11 rings (SSSR count). The number of nitrogens with zero attached hydrogens (tertiary/aromatic N) is 4. The molecule has 0 amide bonds. The molecule has 0 aliphatic carbocycles. The highest BCUT2D eigenvalue weighted by molar-refractivity contribution is 6.11. The van der Waals surface area contributed by atoms with E-state index >= 15 is 0 Å². The van der Waals surface area contributed by atoms with Crippen molar-refractivity contribution in [3.63, 3.8) is 0 Å². The minimum atomic E-state index is 0.559. The Kier molecular flexibility index (Phi) is 7.38. The number of fused-ring (bicyclic) bond motifs is 6. The van der Waals surface area contributed by atoms with E-state index in [0.717, 1.165) is 93.9 Å². The number of furan rings is 2. The lowest BCUT2D eigenvalue weighted by Gasteiger charge is -2.13. The molecule has 0 spiro atoms. The Morgan fingerprint density at radius 2 is 0.732 bits per heavy atom. The van der Waals surface area contributed by atoms with Gasteiger partial charge in [0.15, 0.2) is 17.5 Å². The smallest absolute Gasteiger partial charge is 0.164 e. The van der Waals surface area contributed by atoms with E-state index in [-0.39, 0.29) is 0 Å². The van der Waals surface area contributed by atoms with Crippen molar-refractivity contribution in [3.05, 3.63) is 182 Å². The zero-order valence-corrected chi connectivity index (χ0v) is 29.9. The van der Waals surface area contributed by atoms with Gasteiger partial charge in [-0.1, -0.05) is 127 Å². The van der Waals surface area contributed by atoms with E-state index in [1.54, 1.807) is 12.4 Å². The molecule has 7 aromatic carbocycles. The second-order valence-electron chi connectivity index (χ2n) is 13.8. The molecule has 0 saturated heterocycles. The Hall–Kier alpha value is -7.70. The molecule has 0 saturated carbocycles. The average Bonchev–Trinajstić information content (AvgIpc) is 3.86. The highest BCUT2D eigenvalue weighted by atomic mass is 16.3. The molecule has 4 aromatic heterocycles. The van der Waals surface area contributed by atoms with Gasteiger partial charge in [0.05, 0.1) is 0 Å². The second-order valence-corrected chi connectivity index (χ2v) is 13.8. The van der Waals surface area contributed by atoms with Crippen molar-refractivity contribution in [3.8, 4) is 67.5 Å². The highest BCUT2D eigenvalue weighted by Crippen LogP contribution is 2.42. The van der Waals surface area contributed by atoms with Crippen LogP contribution in [0.5, 0.6) is 0 Å². The molecule has 0 N–H and O–H groups in total. The predicted molar refractivity (Wildman–Crippen MR) is 225 cm³/mol. The summed E-state index contributed by atoms with van der Waals surface area (Å²) in [6, 6.07) is 57.9. The van der Waals surface area contributed by atoms with Gasteiger partial charge in [0.1, 0.15) is 22.3 Å². The lowest BCUT2D eigenvalue weighted by molar-refractivity contribution is 0.670. The van der Waals surface area contributed by atoms with Gasteiger partial charge < -0.3 is 8.83 Å². The Balaban J connectivity index is 1.15. The Bertz CT molecular complexity index is 3110. The quantitative estimate of drug-likeness (QED) is 0.170. The fraction of sp³-hybridized carbons (Fsp3) is 0. The third-order valence-electron chi connectivity index (χ3n) is 10.4. The standard InChI is InChI=1S/C50H30N4O2/c1-2-10-33(11-3-1)48-52-49(34-22-20-31(21-23-34)32-24-26-51-27-25-32)54-50(53-48)37-29-35(38-14-8-16-42-40-12-4-6-18-44(40)55-46(38)42)28-36(30-37)39-15-9-17-43-41-13-5-7-19-45(41)56-47(39)43/h1-30H. The van der Waals surface area contributed by atoms with Crippen LogP contribution in [0.1, 0.15) is 0 Å². The molecule has 0 aliphatic rings. The summed E-state index contributed by atoms with van der Waals surface area (Å²) in [5.74, 6) is 1.74. The monoisotopic (exact) mass is 718 g/mol. The largest absolute Gasteiger partial charge is 0.455 e. The molecule has 0 fully saturated rings. The lowest BCUT2D eigenvalue weighted by atomic mass is 9.94. The van der Waals surface area contributed by atoms with Crippen molar-refractivity contribution >= 4 is 43.9 Å². The van der Waals surface area contributed by atoms with Gasteiger partial charge >= 0.3 is 0 Å². The van der Waals surface area contributed by atoms with Crippen LogP contribution < -0.4 is 0 Å². The van der Waals surface area contributed by atoms with E-state index in [9.17, 15) is 0 Å². The molecule has 0 bridgehead atoms. The first-order valence-electron chi connectivity index (χ1n) is 18.5. The van der Waals surface area contributed by atoms with E-state index in [2.05, 4.69) is 96.0 Å². The molecule has 11 aromatic rings. The first-order chi connectivity index (χ1) is 27.7.